The number of nitrogens with zero attached hydrogens (tertiary/aromatic N) is 3. The van der Waals surface area contributed by atoms with Crippen molar-refractivity contribution in [1.29, 1.82) is 0 Å². The van der Waals surface area contributed by atoms with E-state index in [1.165, 1.54) is 6.33 Å². The molecule has 0 radical (unpaired) electrons. The van der Waals surface area contributed by atoms with Crippen LogP contribution in [0.5, 0.6) is 0 Å². The van der Waals surface area contributed by atoms with Crippen LogP contribution < -0.4 is 11.5 Å². The Morgan fingerprint density at radius 3 is 3.00 bits per heavy atom. The van der Waals surface area contributed by atoms with Gasteiger partial charge in [-0.3, -0.25) is 4.79 Å². The van der Waals surface area contributed by atoms with Gasteiger partial charge in [-0.2, -0.15) is 0 Å². The summed E-state index contributed by atoms with van der Waals surface area (Å²) in [4.78, 5) is 25.5. The summed E-state index contributed by atoms with van der Waals surface area (Å²) in [6.45, 7) is 0. The molecule has 0 aromatic carbocycles. The fourth-order valence-electron chi connectivity index (χ4n) is 1.43. The van der Waals surface area contributed by atoms with Crippen LogP contribution in [0, 0.1) is 0 Å². The SMILES string of the molecule is Nc1nc(CCC(N)C(=O)O)nc2[nH]cnc12. The van der Waals surface area contributed by atoms with Crippen LogP contribution >= 0.6 is 0 Å². The van der Waals surface area contributed by atoms with E-state index in [4.69, 9.17) is 16.6 Å². The number of aromatic amines is 1. The Morgan fingerprint density at radius 1 is 1.53 bits per heavy atom. The van der Waals surface area contributed by atoms with Crippen LogP contribution in [0.25, 0.3) is 11.2 Å². The lowest BCUT2D eigenvalue weighted by Gasteiger charge is -2.05. The summed E-state index contributed by atoms with van der Waals surface area (Å²) in [7, 11) is 0. The van der Waals surface area contributed by atoms with Crippen molar-refractivity contribution in [2.45, 2.75) is 18.9 Å². The maximum atomic E-state index is 10.6. The number of aryl methyl sites for hydroxylation is 1. The smallest absolute Gasteiger partial charge is 0.320 e. The largest absolute Gasteiger partial charge is 0.480 e. The molecule has 2 aromatic heterocycles. The van der Waals surface area contributed by atoms with E-state index in [1.807, 2.05) is 0 Å². The van der Waals surface area contributed by atoms with Crippen LogP contribution in [0.3, 0.4) is 0 Å². The number of imidazole rings is 1. The van der Waals surface area contributed by atoms with Crippen molar-refractivity contribution in [3.8, 4) is 0 Å². The third-order valence-electron chi connectivity index (χ3n) is 2.35. The Hall–Kier alpha value is -2.22. The lowest BCUT2D eigenvalue weighted by molar-refractivity contribution is -0.138. The molecule has 0 bridgehead atoms. The van der Waals surface area contributed by atoms with E-state index in [0.29, 0.717) is 23.4 Å². The number of H-pyrrole nitrogens is 1. The Balaban J connectivity index is 2.16. The number of nitrogens with one attached hydrogen (secondary N) is 1. The molecule has 17 heavy (non-hydrogen) atoms. The number of aromatic nitrogens is 4. The van der Waals surface area contributed by atoms with Crippen molar-refractivity contribution < 1.29 is 9.90 Å². The molecule has 90 valence electrons. The molecule has 2 heterocycles. The first-order chi connectivity index (χ1) is 8.08. The van der Waals surface area contributed by atoms with Gasteiger partial charge in [0.1, 0.15) is 17.4 Å². The molecule has 1 atom stereocenters. The van der Waals surface area contributed by atoms with Crippen molar-refractivity contribution in [2.24, 2.45) is 5.73 Å². The van der Waals surface area contributed by atoms with Gasteiger partial charge in [-0.15, -0.1) is 0 Å². The Kier molecular flexibility index (Phi) is 2.88. The molecule has 0 spiro atoms. The second-order valence-electron chi connectivity index (χ2n) is 3.61. The number of carboxylic acids is 1. The second-order valence-corrected chi connectivity index (χ2v) is 3.61. The fourth-order valence-corrected chi connectivity index (χ4v) is 1.43. The molecule has 0 amide bonds. The normalized spacial score (nSPS) is 12.8. The number of nitrogen functional groups attached to an aromatic ring is 1. The first-order valence-electron chi connectivity index (χ1n) is 5.02. The van der Waals surface area contributed by atoms with E-state index in [2.05, 4.69) is 19.9 Å². The van der Waals surface area contributed by atoms with E-state index in [-0.39, 0.29) is 12.2 Å². The predicted octanol–water partition coefficient (Wildman–Crippen LogP) is -0.720. The van der Waals surface area contributed by atoms with Gasteiger partial charge >= 0.3 is 5.97 Å². The summed E-state index contributed by atoms with van der Waals surface area (Å²) in [5.41, 5.74) is 12.1. The number of anilines is 1. The minimum absolute atomic E-state index is 0.258. The Morgan fingerprint density at radius 2 is 2.29 bits per heavy atom. The maximum Gasteiger partial charge on any atom is 0.320 e. The molecule has 0 saturated heterocycles. The zero-order valence-corrected chi connectivity index (χ0v) is 8.92. The van der Waals surface area contributed by atoms with E-state index in [9.17, 15) is 4.79 Å². The second kappa shape index (κ2) is 4.34. The minimum atomic E-state index is -1.04. The highest BCUT2D eigenvalue weighted by atomic mass is 16.4. The van der Waals surface area contributed by atoms with Crippen molar-refractivity contribution in [2.75, 3.05) is 5.73 Å². The van der Waals surface area contributed by atoms with Crippen molar-refractivity contribution in [1.82, 2.24) is 19.9 Å². The summed E-state index contributed by atoms with van der Waals surface area (Å²) < 4.78 is 0. The molecule has 8 nitrogen and oxygen atoms in total. The van der Waals surface area contributed by atoms with Crippen molar-refractivity contribution >= 4 is 23.0 Å². The van der Waals surface area contributed by atoms with E-state index < -0.39 is 12.0 Å². The van der Waals surface area contributed by atoms with Gasteiger partial charge < -0.3 is 21.6 Å². The molecule has 0 fully saturated rings. The molecule has 2 rings (SSSR count). The van der Waals surface area contributed by atoms with Gasteiger partial charge in [0.15, 0.2) is 11.5 Å². The summed E-state index contributed by atoms with van der Waals surface area (Å²) in [5.74, 6) is -0.313. The van der Waals surface area contributed by atoms with Gasteiger partial charge in [0.2, 0.25) is 0 Å². The lowest BCUT2D eigenvalue weighted by atomic mass is 10.1. The topological polar surface area (TPSA) is 144 Å². The number of aliphatic carboxylic acids is 1. The molecule has 1 unspecified atom stereocenters. The molecule has 0 aliphatic rings. The average Bonchev–Trinajstić information content (AvgIpc) is 2.74. The highest BCUT2D eigenvalue weighted by Crippen LogP contribution is 2.13. The molecule has 0 aliphatic heterocycles. The maximum absolute atomic E-state index is 10.6. The summed E-state index contributed by atoms with van der Waals surface area (Å²) in [5, 5.41) is 8.65. The van der Waals surface area contributed by atoms with E-state index in [1.54, 1.807) is 0 Å². The van der Waals surface area contributed by atoms with Crippen LogP contribution in [0.15, 0.2) is 6.33 Å². The van der Waals surface area contributed by atoms with Crippen LogP contribution in [0.2, 0.25) is 0 Å². The van der Waals surface area contributed by atoms with E-state index in [0.717, 1.165) is 0 Å². The Bertz CT molecular complexity index is 551. The van der Waals surface area contributed by atoms with Crippen molar-refractivity contribution in [3.63, 3.8) is 0 Å². The van der Waals surface area contributed by atoms with Crippen LogP contribution in [0.1, 0.15) is 12.2 Å². The third kappa shape index (κ3) is 2.31. The van der Waals surface area contributed by atoms with E-state index >= 15 is 0 Å². The number of carboxylic acid groups (broad SMARTS) is 1. The lowest BCUT2D eigenvalue weighted by Crippen LogP contribution is -2.30. The Labute approximate surface area is 96.1 Å². The predicted molar refractivity (Wildman–Crippen MR) is 60.0 cm³/mol. The quantitative estimate of drug-likeness (QED) is 0.548. The molecule has 0 saturated carbocycles. The van der Waals surface area contributed by atoms with Gasteiger partial charge in [0, 0.05) is 6.42 Å². The zero-order chi connectivity index (χ0) is 12.4. The monoisotopic (exact) mass is 236 g/mol. The molecule has 8 heteroatoms. The number of hydrogen-bond acceptors (Lipinski definition) is 6. The first-order valence-corrected chi connectivity index (χ1v) is 5.02. The molecular weight excluding hydrogens is 224 g/mol. The number of hydrogen-bond donors (Lipinski definition) is 4. The zero-order valence-electron chi connectivity index (χ0n) is 8.92. The third-order valence-corrected chi connectivity index (χ3v) is 2.35. The van der Waals surface area contributed by atoms with Crippen LogP contribution in [-0.2, 0) is 11.2 Å². The van der Waals surface area contributed by atoms with Gasteiger partial charge in [-0.05, 0) is 6.42 Å². The standard InChI is InChI=1S/C9H12N6O2/c10-4(9(16)17)1-2-5-14-7(11)6-8(15-5)13-3-12-6/h3-4H,1-2,10H2,(H,16,17)(H3,11,12,13,14,15). The van der Waals surface area contributed by atoms with Gasteiger partial charge in [0.25, 0.3) is 0 Å². The summed E-state index contributed by atoms with van der Waals surface area (Å²) >= 11 is 0. The average molecular weight is 236 g/mol. The molecule has 2 aromatic rings. The van der Waals surface area contributed by atoms with Crippen LogP contribution in [-0.4, -0.2) is 37.1 Å². The fraction of sp³-hybridized carbons (Fsp3) is 0.333. The molecule has 6 N–H and O–H groups in total. The minimum Gasteiger partial charge on any atom is -0.480 e. The van der Waals surface area contributed by atoms with Crippen molar-refractivity contribution in [3.05, 3.63) is 12.2 Å². The highest BCUT2D eigenvalue weighted by molar-refractivity contribution is 5.80. The number of fused-ring (bicyclic) bond motifs is 1. The van der Waals surface area contributed by atoms with Gasteiger partial charge in [-0.1, -0.05) is 0 Å². The van der Waals surface area contributed by atoms with Gasteiger partial charge in [0.05, 0.1) is 6.33 Å². The number of nitrogens with two attached hydrogens (primary N) is 2. The number of carbonyl (C=O) groups is 1. The number of rotatable bonds is 4. The first kappa shape index (κ1) is 11.3. The molecular formula is C9H12N6O2. The van der Waals surface area contributed by atoms with Gasteiger partial charge in [-0.25, -0.2) is 15.0 Å². The summed E-state index contributed by atoms with van der Waals surface area (Å²) in [6, 6.07) is -0.919. The molecule has 0 aliphatic carbocycles. The summed E-state index contributed by atoms with van der Waals surface area (Å²) in [6.07, 6.45) is 2.09. The highest BCUT2D eigenvalue weighted by Gasteiger charge is 2.13. The van der Waals surface area contributed by atoms with Crippen LogP contribution in [0.4, 0.5) is 5.82 Å².